The molecule has 3 aromatic rings. The summed E-state index contributed by atoms with van der Waals surface area (Å²) in [6.07, 6.45) is 6.08. The normalized spacial score (nSPS) is 13.9. The van der Waals surface area contributed by atoms with Crippen LogP contribution in [0.15, 0.2) is 41.5 Å². The molecule has 1 aliphatic carbocycles. The summed E-state index contributed by atoms with van der Waals surface area (Å²) < 4.78 is 1.39. The zero-order chi connectivity index (χ0) is 18.3. The van der Waals surface area contributed by atoms with Crippen molar-refractivity contribution >= 4 is 27.9 Å². The fourth-order valence-electron chi connectivity index (χ4n) is 2.96. The molecular weight excluding hydrogens is 348 g/mol. The van der Waals surface area contributed by atoms with Gasteiger partial charge in [-0.1, -0.05) is 23.5 Å². The van der Waals surface area contributed by atoms with Crippen LogP contribution >= 0.6 is 11.3 Å². The van der Waals surface area contributed by atoms with Gasteiger partial charge in [-0.2, -0.15) is 0 Å². The summed E-state index contributed by atoms with van der Waals surface area (Å²) in [7, 11) is 0. The van der Waals surface area contributed by atoms with Gasteiger partial charge in [-0.05, 0) is 42.9 Å². The SMILES string of the molecule is Cc1ccc(C(=O)CC2CC2)cc1CC(=O)c1cn2c(=O)ccnc2s1. The maximum absolute atomic E-state index is 12.7. The van der Waals surface area contributed by atoms with Gasteiger partial charge in [0, 0.05) is 36.9 Å². The Morgan fingerprint density at radius 3 is 2.77 bits per heavy atom. The first kappa shape index (κ1) is 16.8. The third-order valence-corrected chi connectivity index (χ3v) is 5.80. The van der Waals surface area contributed by atoms with Crippen molar-refractivity contribution in [2.45, 2.75) is 32.6 Å². The fraction of sp³-hybridized carbons (Fsp3) is 0.300. The first-order chi connectivity index (χ1) is 12.5. The molecule has 1 saturated carbocycles. The van der Waals surface area contributed by atoms with Crippen molar-refractivity contribution < 1.29 is 9.59 Å². The maximum Gasteiger partial charge on any atom is 0.258 e. The highest BCUT2D eigenvalue weighted by molar-refractivity contribution is 7.18. The monoisotopic (exact) mass is 366 g/mol. The second kappa shape index (κ2) is 6.61. The molecule has 1 fully saturated rings. The molecular formula is C20H18N2O3S. The van der Waals surface area contributed by atoms with E-state index in [-0.39, 0.29) is 23.5 Å². The molecule has 0 bridgehead atoms. The van der Waals surface area contributed by atoms with Crippen LogP contribution in [0.2, 0.25) is 0 Å². The van der Waals surface area contributed by atoms with Crippen molar-refractivity contribution in [3.63, 3.8) is 0 Å². The van der Waals surface area contributed by atoms with Gasteiger partial charge in [-0.15, -0.1) is 0 Å². The Morgan fingerprint density at radius 1 is 1.23 bits per heavy atom. The molecule has 1 aromatic carbocycles. The minimum absolute atomic E-state index is 0.0743. The van der Waals surface area contributed by atoms with Gasteiger partial charge >= 0.3 is 0 Å². The molecule has 0 amide bonds. The van der Waals surface area contributed by atoms with Crippen LogP contribution in [-0.2, 0) is 6.42 Å². The molecule has 0 saturated heterocycles. The van der Waals surface area contributed by atoms with Gasteiger partial charge in [0.25, 0.3) is 5.56 Å². The lowest BCUT2D eigenvalue weighted by Gasteiger charge is -2.07. The highest BCUT2D eigenvalue weighted by Crippen LogP contribution is 2.33. The summed E-state index contributed by atoms with van der Waals surface area (Å²) >= 11 is 1.21. The van der Waals surface area contributed by atoms with E-state index in [1.54, 1.807) is 6.20 Å². The van der Waals surface area contributed by atoms with Crippen LogP contribution in [0.25, 0.3) is 4.96 Å². The van der Waals surface area contributed by atoms with E-state index >= 15 is 0 Å². The average molecular weight is 366 g/mol. The van der Waals surface area contributed by atoms with E-state index in [0.29, 0.717) is 27.7 Å². The summed E-state index contributed by atoms with van der Waals surface area (Å²) in [5.74, 6) is 0.617. The molecule has 0 aliphatic heterocycles. The third-order valence-electron chi connectivity index (χ3n) is 4.76. The minimum atomic E-state index is -0.200. The molecule has 0 unspecified atom stereocenters. The van der Waals surface area contributed by atoms with Gasteiger partial charge in [0.1, 0.15) is 0 Å². The number of fused-ring (bicyclic) bond motifs is 1. The number of thiazole rings is 1. The third kappa shape index (κ3) is 3.37. The number of nitrogens with zero attached hydrogens (tertiary/aromatic N) is 2. The van der Waals surface area contributed by atoms with Crippen LogP contribution in [0, 0.1) is 12.8 Å². The molecule has 2 aromatic heterocycles. The summed E-state index contributed by atoms with van der Waals surface area (Å²) in [6.45, 7) is 1.94. The molecule has 2 heterocycles. The first-order valence-electron chi connectivity index (χ1n) is 8.64. The second-order valence-electron chi connectivity index (χ2n) is 6.84. The molecule has 1 aliphatic rings. The van der Waals surface area contributed by atoms with Crippen LogP contribution in [0.1, 0.15) is 50.4 Å². The van der Waals surface area contributed by atoms with Crippen LogP contribution < -0.4 is 5.56 Å². The predicted octanol–water partition coefficient (Wildman–Crippen LogP) is 3.47. The fourth-order valence-corrected chi connectivity index (χ4v) is 3.86. The van der Waals surface area contributed by atoms with Crippen LogP contribution in [0.4, 0.5) is 0 Å². The highest BCUT2D eigenvalue weighted by atomic mass is 32.1. The van der Waals surface area contributed by atoms with Crippen molar-refractivity contribution in [1.82, 2.24) is 9.38 Å². The standard InChI is InChI=1S/C20H18N2O3S/c1-12-2-5-14(16(23)8-13-3-4-13)9-15(12)10-17(24)18-11-22-19(25)6-7-21-20(22)26-18/h2,5-7,9,11,13H,3-4,8,10H2,1H3. The van der Waals surface area contributed by atoms with E-state index in [1.807, 2.05) is 25.1 Å². The van der Waals surface area contributed by atoms with E-state index < -0.39 is 0 Å². The van der Waals surface area contributed by atoms with Crippen LogP contribution in [0.5, 0.6) is 0 Å². The topological polar surface area (TPSA) is 68.5 Å². The molecule has 6 heteroatoms. The highest BCUT2D eigenvalue weighted by Gasteiger charge is 2.25. The zero-order valence-electron chi connectivity index (χ0n) is 14.4. The van der Waals surface area contributed by atoms with Gasteiger partial charge in [0.15, 0.2) is 16.5 Å². The Balaban J connectivity index is 1.58. The number of carbonyl (C=O) groups is 2. The van der Waals surface area contributed by atoms with E-state index in [2.05, 4.69) is 4.98 Å². The maximum atomic E-state index is 12.7. The average Bonchev–Trinajstić information content (AvgIpc) is 3.31. The molecule has 132 valence electrons. The molecule has 4 rings (SSSR count). The van der Waals surface area contributed by atoms with E-state index in [9.17, 15) is 14.4 Å². The first-order valence-corrected chi connectivity index (χ1v) is 9.46. The lowest BCUT2D eigenvalue weighted by Crippen LogP contribution is -2.10. The summed E-state index contributed by atoms with van der Waals surface area (Å²) in [6, 6.07) is 6.96. The van der Waals surface area contributed by atoms with Gasteiger partial charge in [-0.25, -0.2) is 4.98 Å². The van der Waals surface area contributed by atoms with Gasteiger partial charge in [0.05, 0.1) is 4.88 Å². The molecule has 0 spiro atoms. The number of hydrogen-bond acceptors (Lipinski definition) is 5. The van der Waals surface area contributed by atoms with Crippen LogP contribution in [0.3, 0.4) is 0 Å². The van der Waals surface area contributed by atoms with Gasteiger partial charge in [0.2, 0.25) is 0 Å². The van der Waals surface area contributed by atoms with Crippen molar-refractivity contribution in [3.8, 4) is 0 Å². The number of Topliss-reactive ketones (excluding diaryl/α,β-unsaturated/α-hetero) is 2. The largest absolute Gasteiger partial charge is 0.294 e. The van der Waals surface area contributed by atoms with Crippen molar-refractivity contribution in [2.24, 2.45) is 5.92 Å². The minimum Gasteiger partial charge on any atom is -0.294 e. The Kier molecular flexibility index (Phi) is 4.28. The lowest BCUT2D eigenvalue weighted by atomic mass is 9.97. The zero-order valence-corrected chi connectivity index (χ0v) is 15.2. The Hall–Kier alpha value is -2.60. The van der Waals surface area contributed by atoms with E-state index in [1.165, 1.54) is 28.0 Å². The number of rotatable bonds is 6. The molecule has 0 radical (unpaired) electrons. The number of benzene rings is 1. The van der Waals surface area contributed by atoms with E-state index in [0.717, 1.165) is 24.0 Å². The Labute approximate surface area is 154 Å². The smallest absolute Gasteiger partial charge is 0.258 e. The Morgan fingerprint density at radius 2 is 2.04 bits per heavy atom. The predicted molar refractivity (Wildman–Crippen MR) is 100 cm³/mol. The van der Waals surface area contributed by atoms with Gasteiger partial charge < -0.3 is 0 Å². The van der Waals surface area contributed by atoms with Crippen molar-refractivity contribution in [3.05, 3.63) is 68.6 Å². The van der Waals surface area contributed by atoms with Crippen molar-refractivity contribution in [1.29, 1.82) is 0 Å². The Bertz CT molecular complexity index is 1080. The molecule has 0 atom stereocenters. The second-order valence-corrected chi connectivity index (χ2v) is 7.85. The lowest BCUT2D eigenvalue weighted by molar-refractivity contribution is 0.0970. The number of aromatic nitrogens is 2. The number of aryl methyl sites for hydroxylation is 1. The van der Waals surface area contributed by atoms with Crippen LogP contribution in [-0.4, -0.2) is 21.0 Å². The quantitative estimate of drug-likeness (QED) is 0.627. The molecule has 0 N–H and O–H groups in total. The summed E-state index contributed by atoms with van der Waals surface area (Å²) in [5.41, 5.74) is 2.32. The molecule has 26 heavy (non-hydrogen) atoms. The number of carbonyl (C=O) groups excluding carboxylic acids is 2. The number of hydrogen-bond donors (Lipinski definition) is 0. The summed E-state index contributed by atoms with van der Waals surface area (Å²) in [5, 5.41) is 0. The number of ketones is 2. The van der Waals surface area contributed by atoms with Crippen molar-refractivity contribution in [2.75, 3.05) is 0 Å². The summed E-state index contributed by atoms with van der Waals surface area (Å²) in [4.78, 5) is 42.0. The van der Waals surface area contributed by atoms with Gasteiger partial charge in [-0.3, -0.25) is 18.8 Å². The molecule has 5 nitrogen and oxygen atoms in total. The van der Waals surface area contributed by atoms with E-state index in [4.69, 9.17) is 0 Å².